The molecule has 0 unspecified atom stereocenters. The van der Waals surface area contributed by atoms with Crippen LogP contribution in [-0.4, -0.2) is 33.5 Å². The molecule has 8 heteroatoms. The van der Waals surface area contributed by atoms with E-state index in [0.717, 1.165) is 11.3 Å². The van der Waals surface area contributed by atoms with Crippen molar-refractivity contribution in [2.75, 3.05) is 18.0 Å². The minimum atomic E-state index is -3.61. The number of hydrogen-bond acceptors (Lipinski definition) is 4. The van der Waals surface area contributed by atoms with Gasteiger partial charge in [-0.15, -0.1) is 0 Å². The van der Waals surface area contributed by atoms with Gasteiger partial charge in [0.1, 0.15) is 0 Å². The van der Waals surface area contributed by atoms with Gasteiger partial charge in [0, 0.05) is 29.8 Å². The van der Waals surface area contributed by atoms with E-state index in [9.17, 15) is 13.2 Å². The largest absolute Gasteiger partial charge is 0.371 e. The van der Waals surface area contributed by atoms with Crippen molar-refractivity contribution in [3.8, 4) is 0 Å². The first-order valence-corrected chi connectivity index (χ1v) is 13.2. The Morgan fingerprint density at radius 3 is 2.24 bits per heavy atom. The Morgan fingerprint density at radius 2 is 1.56 bits per heavy atom. The Bertz CT molecular complexity index is 1230. The van der Waals surface area contributed by atoms with Crippen LogP contribution in [0.25, 0.3) is 0 Å². The second-order valence-electron chi connectivity index (χ2n) is 8.46. The van der Waals surface area contributed by atoms with Gasteiger partial charge in [0.2, 0.25) is 10.0 Å². The van der Waals surface area contributed by atoms with Crippen molar-refractivity contribution in [2.45, 2.75) is 36.7 Å². The smallest absolute Gasteiger partial charge is 0.253 e. The first-order valence-electron chi connectivity index (χ1n) is 11.3. The number of halogens is 1. The van der Waals surface area contributed by atoms with Gasteiger partial charge in [-0.05, 0) is 61.7 Å². The van der Waals surface area contributed by atoms with Crippen molar-refractivity contribution in [1.82, 2.24) is 10.0 Å². The predicted octanol–water partition coefficient (Wildman–Crippen LogP) is 4.78. The lowest BCUT2D eigenvalue weighted by molar-refractivity contribution is 0.0940. The number of sulfonamides is 1. The number of piperidine rings is 1. The van der Waals surface area contributed by atoms with Gasteiger partial charge in [-0.3, -0.25) is 4.79 Å². The van der Waals surface area contributed by atoms with Crippen LogP contribution in [0.2, 0.25) is 5.02 Å². The molecule has 34 heavy (non-hydrogen) atoms. The molecule has 0 spiro atoms. The summed E-state index contributed by atoms with van der Waals surface area (Å²) in [5.74, 6) is -0.127. The molecule has 1 saturated heterocycles. The van der Waals surface area contributed by atoms with Crippen LogP contribution in [0.4, 0.5) is 5.69 Å². The lowest BCUT2D eigenvalue weighted by Crippen LogP contribution is -2.45. The average molecular weight is 498 g/mol. The van der Waals surface area contributed by atoms with Crippen molar-refractivity contribution >= 4 is 33.2 Å². The van der Waals surface area contributed by atoms with Gasteiger partial charge in [0.05, 0.1) is 16.5 Å². The molecule has 0 aromatic heterocycles. The molecule has 0 bridgehead atoms. The molecule has 1 atom stereocenters. The molecular weight excluding hydrogens is 470 g/mol. The summed E-state index contributed by atoms with van der Waals surface area (Å²) in [6.07, 6.45) is 1.28. The molecule has 3 aromatic rings. The van der Waals surface area contributed by atoms with Crippen molar-refractivity contribution in [3.63, 3.8) is 0 Å². The number of rotatable bonds is 7. The normalized spacial score (nSPS) is 15.6. The van der Waals surface area contributed by atoms with Crippen LogP contribution in [-0.2, 0) is 10.0 Å². The minimum Gasteiger partial charge on any atom is -0.371 e. The monoisotopic (exact) mass is 497 g/mol. The number of hydrogen-bond donors (Lipinski definition) is 2. The number of carbonyl (C=O) groups is 1. The van der Waals surface area contributed by atoms with Gasteiger partial charge in [-0.1, -0.05) is 54.1 Å². The summed E-state index contributed by atoms with van der Waals surface area (Å²) in [6, 6.07) is 23.3. The van der Waals surface area contributed by atoms with E-state index in [-0.39, 0.29) is 22.9 Å². The Hall–Kier alpha value is -2.87. The van der Waals surface area contributed by atoms with Gasteiger partial charge >= 0.3 is 0 Å². The zero-order chi connectivity index (χ0) is 24.1. The maximum atomic E-state index is 13.1. The highest BCUT2D eigenvalue weighted by Gasteiger charge is 2.26. The van der Waals surface area contributed by atoms with Gasteiger partial charge in [0.15, 0.2) is 0 Å². The summed E-state index contributed by atoms with van der Waals surface area (Å²) in [5.41, 5.74) is 2.52. The number of nitrogens with one attached hydrogen (secondary N) is 2. The summed E-state index contributed by atoms with van der Waals surface area (Å²) in [4.78, 5) is 15.4. The van der Waals surface area contributed by atoms with Crippen LogP contribution in [0.5, 0.6) is 0 Å². The summed E-state index contributed by atoms with van der Waals surface area (Å²) in [6.45, 7) is 3.26. The summed E-state index contributed by atoms with van der Waals surface area (Å²) in [7, 11) is -3.61. The third-order valence-corrected chi connectivity index (χ3v) is 7.87. The van der Waals surface area contributed by atoms with Crippen LogP contribution in [0.1, 0.15) is 41.7 Å². The quantitative estimate of drug-likeness (QED) is 0.492. The third-order valence-electron chi connectivity index (χ3n) is 6.08. The van der Waals surface area contributed by atoms with E-state index in [1.165, 1.54) is 12.1 Å². The fourth-order valence-corrected chi connectivity index (χ4v) is 5.61. The van der Waals surface area contributed by atoms with E-state index in [0.29, 0.717) is 36.5 Å². The Kier molecular flexibility index (Phi) is 7.56. The minimum absolute atomic E-state index is 0.116. The molecule has 3 aromatic carbocycles. The lowest BCUT2D eigenvalue weighted by Gasteiger charge is -2.34. The van der Waals surface area contributed by atoms with E-state index < -0.39 is 10.0 Å². The second kappa shape index (κ2) is 10.6. The Morgan fingerprint density at radius 1 is 0.941 bits per heavy atom. The van der Waals surface area contributed by atoms with Crippen molar-refractivity contribution in [2.24, 2.45) is 0 Å². The molecular formula is C26H28ClN3O3S. The Labute approximate surface area is 206 Å². The van der Waals surface area contributed by atoms with Crippen LogP contribution in [0.15, 0.2) is 83.8 Å². The van der Waals surface area contributed by atoms with E-state index in [1.807, 2.05) is 61.5 Å². The van der Waals surface area contributed by atoms with Crippen molar-refractivity contribution < 1.29 is 13.2 Å². The number of carbonyl (C=O) groups excluding carboxylic acids is 1. The average Bonchev–Trinajstić information content (AvgIpc) is 2.85. The van der Waals surface area contributed by atoms with Crippen molar-refractivity contribution in [3.05, 3.63) is 95.0 Å². The number of benzene rings is 3. The molecule has 178 valence electrons. The van der Waals surface area contributed by atoms with Gasteiger partial charge in [-0.25, -0.2) is 13.1 Å². The number of nitrogens with zero attached hydrogens (tertiary/aromatic N) is 1. The molecule has 2 N–H and O–H groups in total. The highest BCUT2D eigenvalue weighted by Crippen LogP contribution is 2.26. The van der Waals surface area contributed by atoms with E-state index in [1.54, 1.807) is 12.1 Å². The molecule has 1 aliphatic rings. The second-order valence-corrected chi connectivity index (χ2v) is 10.6. The van der Waals surface area contributed by atoms with Crippen molar-refractivity contribution in [1.29, 1.82) is 0 Å². The molecule has 0 radical (unpaired) electrons. The molecule has 1 heterocycles. The summed E-state index contributed by atoms with van der Waals surface area (Å²) < 4.78 is 28.2. The maximum absolute atomic E-state index is 13.1. The molecule has 1 aliphatic heterocycles. The summed E-state index contributed by atoms with van der Waals surface area (Å²) in [5, 5.41) is 3.58. The fraction of sp³-hybridized carbons (Fsp3) is 0.269. The fourth-order valence-electron chi connectivity index (χ4n) is 4.18. The molecule has 6 nitrogen and oxygen atoms in total. The van der Waals surface area contributed by atoms with Crippen LogP contribution in [0.3, 0.4) is 0 Å². The summed E-state index contributed by atoms with van der Waals surface area (Å²) >= 11 is 5.87. The topological polar surface area (TPSA) is 78.5 Å². The first-order chi connectivity index (χ1) is 16.3. The molecule has 0 aliphatic carbocycles. The molecule has 4 rings (SSSR count). The number of para-hydroxylation sites is 1. The van der Waals surface area contributed by atoms with Crippen LogP contribution in [0, 0.1) is 0 Å². The van der Waals surface area contributed by atoms with Gasteiger partial charge in [0.25, 0.3) is 5.91 Å². The molecule has 0 saturated carbocycles. The highest BCUT2D eigenvalue weighted by atomic mass is 35.5. The predicted molar refractivity (Wildman–Crippen MR) is 136 cm³/mol. The van der Waals surface area contributed by atoms with Crippen LogP contribution >= 0.6 is 11.6 Å². The standard InChI is InChI=1S/C26H28ClN3O3S/c1-19(20-7-3-2-4-8-20)28-26(31)24-9-5-6-10-25(24)30-17-15-22(16-18-30)29-34(32,33)23-13-11-21(27)12-14-23/h2-14,19,22,29H,15-18H2,1H3,(H,28,31)/t19-/m1/s1. The van der Waals surface area contributed by atoms with Gasteiger partial charge < -0.3 is 10.2 Å². The number of amides is 1. The first kappa shape index (κ1) is 24.3. The lowest BCUT2D eigenvalue weighted by atomic mass is 10.0. The highest BCUT2D eigenvalue weighted by molar-refractivity contribution is 7.89. The Balaban J connectivity index is 1.40. The molecule has 1 amide bonds. The van der Waals surface area contributed by atoms with E-state index in [2.05, 4.69) is 14.9 Å². The zero-order valence-electron chi connectivity index (χ0n) is 18.9. The molecule has 1 fully saturated rings. The van der Waals surface area contributed by atoms with E-state index >= 15 is 0 Å². The van der Waals surface area contributed by atoms with Crippen LogP contribution < -0.4 is 14.9 Å². The third kappa shape index (κ3) is 5.78. The number of anilines is 1. The maximum Gasteiger partial charge on any atom is 0.253 e. The van der Waals surface area contributed by atoms with E-state index in [4.69, 9.17) is 11.6 Å². The zero-order valence-corrected chi connectivity index (χ0v) is 20.5. The SMILES string of the molecule is C[C@@H](NC(=O)c1ccccc1N1CCC(NS(=O)(=O)c2ccc(Cl)cc2)CC1)c1ccccc1. The van der Waals surface area contributed by atoms with Gasteiger partial charge in [-0.2, -0.15) is 0 Å².